The van der Waals surface area contributed by atoms with Crippen LogP contribution in [-0.4, -0.2) is 41.9 Å². The number of methoxy groups -OCH3 is 1. The first kappa shape index (κ1) is 24.5. The van der Waals surface area contributed by atoms with Gasteiger partial charge >= 0.3 is 0 Å². The van der Waals surface area contributed by atoms with Crippen LogP contribution in [0.1, 0.15) is 34.3 Å². The highest BCUT2D eigenvalue weighted by Crippen LogP contribution is 2.30. The van der Waals surface area contributed by atoms with Crippen molar-refractivity contribution in [1.82, 2.24) is 9.88 Å². The number of carbonyl (C=O) groups excluding carboxylic acids is 2. The standard InChI is InChI=1S/C27H28ClN3O4/c1-18-5-12-25(29-15-18)30-26(32)21-4-3-13-31(16-21)27(33)20-8-11-23(24(14-20)34-2)35-17-19-6-9-22(28)10-7-19/h5-12,14-15,21H,3-4,13,16-17H2,1-2H3,(H,29,30,32). The molecule has 182 valence electrons. The molecule has 1 atom stereocenters. The number of hydrogen-bond donors (Lipinski definition) is 1. The number of ether oxygens (including phenoxy) is 2. The summed E-state index contributed by atoms with van der Waals surface area (Å²) in [5.74, 6) is 0.977. The Bertz CT molecular complexity index is 1180. The summed E-state index contributed by atoms with van der Waals surface area (Å²) in [7, 11) is 1.54. The van der Waals surface area contributed by atoms with Gasteiger partial charge in [-0.15, -0.1) is 0 Å². The summed E-state index contributed by atoms with van der Waals surface area (Å²) in [6, 6.07) is 16.2. The molecule has 2 aromatic carbocycles. The average molecular weight is 494 g/mol. The third-order valence-electron chi connectivity index (χ3n) is 5.96. The normalized spacial score (nSPS) is 15.4. The zero-order valence-electron chi connectivity index (χ0n) is 19.8. The Labute approximate surface area is 210 Å². The molecule has 1 N–H and O–H groups in total. The van der Waals surface area contributed by atoms with Crippen molar-refractivity contribution < 1.29 is 19.1 Å². The van der Waals surface area contributed by atoms with E-state index in [1.807, 2.05) is 37.3 Å². The Balaban J connectivity index is 1.39. The van der Waals surface area contributed by atoms with E-state index in [9.17, 15) is 9.59 Å². The molecule has 1 aliphatic rings. The first-order valence-electron chi connectivity index (χ1n) is 11.5. The fourth-order valence-electron chi connectivity index (χ4n) is 3.99. The van der Waals surface area contributed by atoms with Crippen molar-refractivity contribution in [2.24, 2.45) is 5.92 Å². The summed E-state index contributed by atoms with van der Waals surface area (Å²) >= 11 is 5.93. The summed E-state index contributed by atoms with van der Waals surface area (Å²) in [5.41, 5.74) is 2.48. The van der Waals surface area contributed by atoms with Crippen LogP contribution in [0.5, 0.6) is 11.5 Å². The number of likely N-dealkylation sites (tertiary alicyclic amines) is 1. The second-order valence-corrected chi connectivity index (χ2v) is 9.02. The number of pyridine rings is 1. The van der Waals surface area contributed by atoms with Crippen LogP contribution in [0.4, 0.5) is 5.82 Å². The maximum absolute atomic E-state index is 13.2. The van der Waals surface area contributed by atoms with Crippen molar-refractivity contribution in [2.45, 2.75) is 26.4 Å². The van der Waals surface area contributed by atoms with Crippen LogP contribution in [0.3, 0.4) is 0 Å². The second-order valence-electron chi connectivity index (χ2n) is 8.58. The molecular formula is C27H28ClN3O4. The summed E-state index contributed by atoms with van der Waals surface area (Å²) in [4.78, 5) is 32.0. The lowest BCUT2D eigenvalue weighted by molar-refractivity contribution is -0.121. The van der Waals surface area contributed by atoms with E-state index < -0.39 is 0 Å². The number of benzene rings is 2. The second kappa shape index (κ2) is 11.2. The van der Waals surface area contributed by atoms with E-state index >= 15 is 0 Å². The van der Waals surface area contributed by atoms with E-state index in [-0.39, 0.29) is 17.7 Å². The van der Waals surface area contributed by atoms with Crippen molar-refractivity contribution in [3.05, 3.63) is 82.5 Å². The third kappa shape index (κ3) is 6.31. The number of anilines is 1. The molecule has 1 unspecified atom stereocenters. The van der Waals surface area contributed by atoms with Crippen molar-refractivity contribution >= 4 is 29.2 Å². The van der Waals surface area contributed by atoms with Gasteiger partial charge in [0, 0.05) is 29.9 Å². The molecule has 35 heavy (non-hydrogen) atoms. The Kier molecular flexibility index (Phi) is 7.87. The zero-order chi connectivity index (χ0) is 24.8. The van der Waals surface area contributed by atoms with Crippen LogP contribution in [0.2, 0.25) is 5.02 Å². The topological polar surface area (TPSA) is 80.8 Å². The van der Waals surface area contributed by atoms with Gasteiger partial charge in [0.15, 0.2) is 11.5 Å². The SMILES string of the molecule is COc1cc(C(=O)N2CCCC(C(=O)Nc3ccc(C)cn3)C2)ccc1OCc1ccc(Cl)cc1. The number of rotatable bonds is 7. The maximum Gasteiger partial charge on any atom is 0.254 e. The number of hydrogen-bond acceptors (Lipinski definition) is 5. The van der Waals surface area contributed by atoms with E-state index in [1.54, 1.807) is 42.5 Å². The average Bonchev–Trinajstić information content (AvgIpc) is 2.89. The molecule has 0 saturated carbocycles. The van der Waals surface area contributed by atoms with Gasteiger partial charge in [0.25, 0.3) is 5.91 Å². The first-order chi connectivity index (χ1) is 16.9. The number of nitrogens with one attached hydrogen (secondary N) is 1. The predicted octanol–water partition coefficient (Wildman–Crippen LogP) is 5.12. The van der Waals surface area contributed by atoms with Crippen LogP contribution in [0.15, 0.2) is 60.8 Å². The minimum absolute atomic E-state index is 0.123. The number of halogens is 1. The third-order valence-corrected chi connectivity index (χ3v) is 6.21. The van der Waals surface area contributed by atoms with E-state index in [4.69, 9.17) is 21.1 Å². The maximum atomic E-state index is 13.2. The minimum Gasteiger partial charge on any atom is -0.493 e. The molecule has 0 spiro atoms. The van der Waals surface area contributed by atoms with Gasteiger partial charge in [-0.2, -0.15) is 0 Å². The number of piperidine rings is 1. The zero-order valence-corrected chi connectivity index (χ0v) is 20.5. The van der Waals surface area contributed by atoms with E-state index in [2.05, 4.69) is 10.3 Å². The molecule has 2 amide bonds. The van der Waals surface area contributed by atoms with E-state index in [0.29, 0.717) is 47.6 Å². The highest BCUT2D eigenvalue weighted by molar-refractivity contribution is 6.30. The molecule has 1 aromatic heterocycles. The monoisotopic (exact) mass is 493 g/mol. The highest BCUT2D eigenvalue weighted by atomic mass is 35.5. The Morgan fingerprint density at radius 1 is 1.11 bits per heavy atom. The molecule has 0 aliphatic carbocycles. The molecule has 0 radical (unpaired) electrons. The molecule has 4 rings (SSSR count). The molecule has 0 bridgehead atoms. The molecule has 1 fully saturated rings. The fraction of sp³-hybridized carbons (Fsp3) is 0.296. The molecule has 7 nitrogen and oxygen atoms in total. The lowest BCUT2D eigenvalue weighted by Gasteiger charge is -2.32. The van der Waals surface area contributed by atoms with Gasteiger partial charge in [0.1, 0.15) is 12.4 Å². The fourth-order valence-corrected chi connectivity index (χ4v) is 4.12. The summed E-state index contributed by atoms with van der Waals surface area (Å²) < 4.78 is 11.4. The molecule has 1 saturated heterocycles. The van der Waals surface area contributed by atoms with Gasteiger partial charge in [-0.05, 0) is 67.3 Å². The minimum atomic E-state index is -0.292. The molecular weight excluding hydrogens is 466 g/mol. The lowest BCUT2D eigenvalue weighted by atomic mass is 9.96. The van der Waals surface area contributed by atoms with Crippen molar-refractivity contribution in [2.75, 3.05) is 25.5 Å². The lowest BCUT2D eigenvalue weighted by Crippen LogP contribution is -2.43. The van der Waals surface area contributed by atoms with Gasteiger partial charge in [0.2, 0.25) is 5.91 Å². The Hall–Kier alpha value is -3.58. The quantitative estimate of drug-likeness (QED) is 0.494. The number of amides is 2. The Morgan fingerprint density at radius 2 is 1.91 bits per heavy atom. The van der Waals surface area contributed by atoms with Gasteiger partial charge in [-0.1, -0.05) is 29.8 Å². The largest absolute Gasteiger partial charge is 0.493 e. The van der Waals surface area contributed by atoms with Crippen LogP contribution in [-0.2, 0) is 11.4 Å². The molecule has 2 heterocycles. The van der Waals surface area contributed by atoms with E-state index in [1.165, 1.54) is 0 Å². The predicted molar refractivity (Wildman–Crippen MR) is 135 cm³/mol. The highest BCUT2D eigenvalue weighted by Gasteiger charge is 2.29. The van der Waals surface area contributed by atoms with Crippen LogP contribution >= 0.6 is 11.6 Å². The van der Waals surface area contributed by atoms with Crippen LogP contribution < -0.4 is 14.8 Å². The van der Waals surface area contributed by atoms with Crippen LogP contribution in [0, 0.1) is 12.8 Å². The number of aryl methyl sites for hydroxylation is 1. The number of aromatic nitrogens is 1. The first-order valence-corrected chi connectivity index (χ1v) is 11.9. The number of carbonyl (C=O) groups is 2. The van der Waals surface area contributed by atoms with Crippen molar-refractivity contribution in [3.8, 4) is 11.5 Å². The van der Waals surface area contributed by atoms with Crippen LogP contribution in [0.25, 0.3) is 0 Å². The summed E-state index contributed by atoms with van der Waals surface area (Å²) in [6.45, 7) is 3.24. The summed E-state index contributed by atoms with van der Waals surface area (Å²) in [5, 5.41) is 3.53. The van der Waals surface area contributed by atoms with Gasteiger partial charge in [-0.25, -0.2) is 4.98 Å². The van der Waals surface area contributed by atoms with Gasteiger partial charge in [-0.3, -0.25) is 9.59 Å². The van der Waals surface area contributed by atoms with Gasteiger partial charge in [0.05, 0.1) is 13.0 Å². The molecule has 1 aliphatic heterocycles. The van der Waals surface area contributed by atoms with Crippen molar-refractivity contribution in [3.63, 3.8) is 0 Å². The van der Waals surface area contributed by atoms with Crippen molar-refractivity contribution in [1.29, 1.82) is 0 Å². The summed E-state index contributed by atoms with van der Waals surface area (Å²) in [6.07, 6.45) is 3.19. The number of nitrogens with zero attached hydrogens (tertiary/aromatic N) is 2. The molecule has 3 aromatic rings. The smallest absolute Gasteiger partial charge is 0.254 e. The van der Waals surface area contributed by atoms with E-state index in [0.717, 1.165) is 24.0 Å². The molecule has 8 heteroatoms. The van der Waals surface area contributed by atoms with Gasteiger partial charge < -0.3 is 19.7 Å². The Morgan fingerprint density at radius 3 is 2.63 bits per heavy atom.